The fourth-order valence-corrected chi connectivity index (χ4v) is 5.43. The van der Waals surface area contributed by atoms with Crippen molar-refractivity contribution in [2.24, 2.45) is 5.92 Å². The smallest absolute Gasteiger partial charge is 0.261 e. The van der Waals surface area contributed by atoms with Crippen LogP contribution >= 0.6 is 0 Å². The van der Waals surface area contributed by atoms with Gasteiger partial charge in [-0.25, -0.2) is 17.8 Å². The Balaban J connectivity index is 1.49. The Morgan fingerprint density at radius 1 is 1.16 bits per heavy atom. The monoisotopic (exact) mass is 440 g/mol. The number of aromatic nitrogens is 2. The van der Waals surface area contributed by atoms with E-state index in [1.54, 1.807) is 11.5 Å². The Hall–Kier alpha value is -3.09. The molecular formula is C22H21FN4O3S. The summed E-state index contributed by atoms with van der Waals surface area (Å²) in [6.07, 6.45) is 1.23. The zero-order chi connectivity index (χ0) is 22.2. The molecule has 9 heteroatoms. The van der Waals surface area contributed by atoms with Crippen LogP contribution in [0.3, 0.4) is 0 Å². The Kier molecular flexibility index (Phi) is 5.60. The fourth-order valence-electron chi connectivity index (χ4n) is 3.96. The minimum Gasteiger partial charge on any atom is -0.296 e. The first-order valence-electron chi connectivity index (χ1n) is 9.96. The summed E-state index contributed by atoms with van der Waals surface area (Å²) in [6, 6.07) is 11.8. The summed E-state index contributed by atoms with van der Waals surface area (Å²) >= 11 is 0. The van der Waals surface area contributed by atoms with Gasteiger partial charge in [0.1, 0.15) is 11.6 Å². The highest BCUT2D eigenvalue weighted by molar-refractivity contribution is 7.89. The van der Waals surface area contributed by atoms with Gasteiger partial charge < -0.3 is 0 Å². The highest BCUT2D eigenvalue weighted by atomic mass is 32.2. The van der Waals surface area contributed by atoms with Crippen LogP contribution in [0.4, 0.5) is 4.39 Å². The van der Waals surface area contributed by atoms with Crippen molar-refractivity contribution in [1.82, 2.24) is 13.9 Å². The number of aryl methyl sites for hydroxylation is 1. The van der Waals surface area contributed by atoms with Crippen LogP contribution in [0.1, 0.15) is 24.2 Å². The van der Waals surface area contributed by atoms with E-state index in [2.05, 4.69) is 4.98 Å². The van der Waals surface area contributed by atoms with E-state index in [-0.39, 0.29) is 16.4 Å². The van der Waals surface area contributed by atoms with Crippen molar-refractivity contribution in [3.05, 3.63) is 70.0 Å². The molecular weight excluding hydrogens is 419 g/mol. The second-order valence-corrected chi connectivity index (χ2v) is 9.66. The highest BCUT2D eigenvalue weighted by Crippen LogP contribution is 2.25. The largest absolute Gasteiger partial charge is 0.296 e. The molecule has 7 nitrogen and oxygen atoms in total. The van der Waals surface area contributed by atoms with Crippen LogP contribution in [0, 0.1) is 30.0 Å². The number of hydrogen-bond donors (Lipinski definition) is 0. The number of fused-ring (bicyclic) bond motifs is 1. The molecule has 2 aromatic carbocycles. The molecule has 0 saturated carbocycles. The summed E-state index contributed by atoms with van der Waals surface area (Å²) in [5.74, 6) is 0.201. The first-order chi connectivity index (χ1) is 14.8. The average molecular weight is 441 g/mol. The number of benzene rings is 2. The van der Waals surface area contributed by atoms with Crippen LogP contribution in [-0.4, -0.2) is 35.4 Å². The van der Waals surface area contributed by atoms with Crippen LogP contribution in [0.5, 0.6) is 0 Å². The standard InChI is InChI=1S/C22H21FN4O3S/c1-15-25-21-12-18(23)4-7-20(21)22(28)27(15)14-17-8-10-26(11-9-17)31(29,30)19-5-2-16(13-24)3-6-19/h2-7,12,17H,8-11,14H2,1H3. The normalized spacial score (nSPS) is 15.8. The summed E-state index contributed by atoms with van der Waals surface area (Å²) in [5.41, 5.74) is 0.530. The molecule has 1 aromatic heterocycles. The molecule has 0 radical (unpaired) electrons. The third-order valence-corrected chi connectivity index (χ3v) is 7.66. The van der Waals surface area contributed by atoms with Gasteiger partial charge in [0.05, 0.1) is 27.4 Å². The molecule has 1 aliphatic rings. The van der Waals surface area contributed by atoms with Gasteiger partial charge in [-0.1, -0.05) is 0 Å². The number of nitriles is 1. The summed E-state index contributed by atoms with van der Waals surface area (Å²) < 4.78 is 42.3. The SMILES string of the molecule is Cc1nc2cc(F)ccc2c(=O)n1CC1CCN(S(=O)(=O)c2ccc(C#N)cc2)CC1. The molecule has 160 valence electrons. The molecule has 0 amide bonds. The molecule has 0 atom stereocenters. The number of piperidine rings is 1. The Bertz CT molecular complexity index is 1340. The molecule has 1 fully saturated rings. The number of nitrogens with zero attached hydrogens (tertiary/aromatic N) is 4. The van der Waals surface area contributed by atoms with Crippen LogP contribution in [0.2, 0.25) is 0 Å². The maximum atomic E-state index is 13.5. The molecule has 0 aliphatic carbocycles. The second-order valence-electron chi connectivity index (χ2n) is 7.72. The highest BCUT2D eigenvalue weighted by Gasteiger charge is 2.30. The molecule has 0 unspecified atom stereocenters. The van der Waals surface area contributed by atoms with E-state index >= 15 is 0 Å². The molecule has 3 aromatic rings. The van der Waals surface area contributed by atoms with Gasteiger partial charge in [0.2, 0.25) is 10.0 Å². The van der Waals surface area contributed by atoms with Gasteiger partial charge >= 0.3 is 0 Å². The quantitative estimate of drug-likeness (QED) is 0.622. The van der Waals surface area contributed by atoms with Gasteiger partial charge in [0.25, 0.3) is 5.56 Å². The van der Waals surface area contributed by atoms with Crippen molar-refractivity contribution in [3.63, 3.8) is 0 Å². The predicted molar refractivity (Wildman–Crippen MR) is 113 cm³/mol. The van der Waals surface area contributed by atoms with Crippen molar-refractivity contribution in [2.75, 3.05) is 13.1 Å². The van der Waals surface area contributed by atoms with Gasteiger partial charge in [0, 0.05) is 25.7 Å². The molecule has 0 spiro atoms. The number of sulfonamides is 1. The molecule has 31 heavy (non-hydrogen) atoms. The molecule has 1 saturated heterocycles. The minimum absolute atomic E-state index is 0.128. The van der Waals surface area contributed by atoms with Crippen molar-refractivity contribution in [1.29, 1.82) is 5.26 Å². The zero-order valence-corrected chi connectivity index (χ0v) is 17.8. The number of hydrogen-bond acceptors (Lipinski definition) is 5. The van der Waals surface area contributed by atoms with Gasteiger partial charge in [-0.3, -0.25) is 9.36 Å². The summed E-state index contributed by atoms with van der Waals surface area (Å²) in [5, 5.41) is 9.25. The van der Waals surface area contributed by atoms with Gasteiger partial charge in [0.15, 0.2) is 0 Å². The van der Waals surface area contributed by atoms with Crippen molar-refractivity contribution in [3.8, 4) is 6.07 Å². The van der Waals surface area contributed by atoms with E-state index in [0.717, 1.165) is 0 Å². The lowest BCUT2D eigenvalue weighted by Crippen LogP contribution is -2.40. The summed E-state index contributed by atoms with van der Waals surface area (Å²) in [6.45, 7) is 2.87. The summed E-state index contributed by atoms with van der Waals surface area (Å²) in [4.78, 5) is 17.4. The second kappa shape index (κ2) is 8.21. The van der Waals surface area contributed by atoms with Gasteiger partial charge in [-0.15, -0.1) is 0 Å². The van der Waals surface area contributed by atoms with Gasteiger partial charge in [-0.2, -0.15) is 9.57 Å². The Labute approximate surface area is 179 Å². The topological polar surface area (TPSA) is 96.1 Å². The Morgan fingerprint density at radius 2 is 1.84 bits per heavy atom. The Morgan fingerprint density at radius 3 is 2.48 bits per heavy atom. The predicted octanol–water partition coefficient (Wildman–Crippen LogP) is 2.82. The average Bonchev–Trinajstić information content (AvgIpc) is 2.76. The van der Waals surface area contributed by atoms with E-state index in [1.165, 1.54) is 46.8 Å². The molecule has 0 bridgehead atoms. The van der Waals surface area contributed by atoms with E-state index in [0.29, 0.717) is 54.8 Å². The van der Waals surface area contributed by atoms with Crippen molar-refractivity contribution >= 4 is 20.9 Å². The van der Waals surface area contributed by atoms with E-state index in [1.807, 2.05) is 6.07 Å². The van der Waals surface area contributed by atoms with Crippen LogP contribution in [0.25, 0.3) is 10.9 Å². The lowest BCUT2D eigenvalue weighted by molar-refractivity contribution is 0.250. The maximum absolute atomic E-state index is 13.5. The molecule has 2 heterocycles. The molecule has 4 rings (SSSR count). The van der Waals surface area contributed by atoms with Gasteiger partial charge in [-0.05, 0) is 62.1 Å². The van der Waals surface area contributed by atoms with Crippen LogP contribution in [0.15, 0.2) is 52.2 Å². The first kappa shape index (κ1) is 21.2. The van der Waals surface area contributed by atoms with E-state index in [9.17, 15) is 17.6 Å². The van der Waals surface area contributed by atoms with Crippen LogP contribution < -0.4 is 5.56 Å². The third kappa shape index (κ3) is 4.09. The van der Waals surface area contributed by atoms with Crippen molar-refractivity contribution < 1.29 is 12.8 Å². The zero-order valence-electron chi connectivity index (χ0n) is 17.0. The lowest BCUT2D eigenvalue weighted by atomic mass is 9.98. The first-order valence-corrected chi connectivity index (χ1v) is 11.4. The maximum Gasteiger partial charge on any atom is 0.261 e. The molecule has 0 N–H and O–H groups in total. The van der Waals surface area contributed by atoms with Crippen LogP contribution in [-0.2, 0) is 16.6 Å². The van der Waals surface area contributed by atoms with E-state index < -0.39 is 15.8 Å². The minimum atomic E-state index is -3.62. The number of rotatable bonds is 4. The number of halogens is 1. The third-order valence-electron chi connectivity index (χ3n) is 5.74. The molecule has 1 aliphatic heterocycles. The summed E-state index contributed by atoms with van der Waals surface area (Å²) in [7, 11) is -3.62. The van der Waals surface area contributed by atoms with Crippen molar-refractivity contribution in [2.45, 2.75) is 31.2 Å². The fraction of sp³-hybridized carbons (Fsp3) is 0.318. The van der Waals surface area contributed by atoms with E-state index in [4.69, 9.17) is 5.26 Å². The lowest BCUT2D eigenvalue weighted by Gasteiger charge is -2.31.